The second kappa shape index (κ2) is 5.89. The molecule has 0 amide bonds. The first kappa shape index (κ1) is 12.9. The molecule has 0 spiro atoms. The molecule has 0 bridgehead atoms. The van der Waals surface area contributed by atoms with Crippen LogP contribution in [0.15, 0.2) is 36.5 Å². The van der Waals surface area contributed by atoms with Crippen molar-refractivity contribution in [2.75, 3.05) is 13.6 Å². The fraction of sp³-hybridized carbons (Fsp3) is 0.286. The van der Waals surface area contributed by atoms with Crippen LogP contribution in [0.2, 0.25) is 0 Å². The van der Waals surface area contributed by atoms with Crippen molar-refractivity contribution in [3.05, 3.63) is 42.1 Å². The molecule has 18 heavy (non-hydrogen) atoms. The second-order valence-corrected chi connectivity index (χ2v) is 4.97. The van der Waals surface area contributed by atoms with Crippen LogP contribution in [-0.2, 0) is 6.54 Å². The van der Waals surface area contributed by atoms with Crippen LogP contribution < -0.4 is 5.73 Å². The molecule has 0 radical (unpaired) electrons. The third-order valence-electron chi connectivity index (χ3n) is 2.92. The molecule has 1 aromatic heterocycles. The summed E-state index contributed by atoms with van der Waals surface area (Å²) in [6.07, 6.45) is 2.62. The highest BCUT2D eigenvalue weighted by Gasteiger charge is 2.05. The number of benzene rings is 1. The normalized spacial score (nSPS) is 11.0. The fourth-order valence-electron chi connectivity index (χ4n) is 1.96. The van der Waals surface area contributed by atoms with Gasteiger partial charge in [-0.25, -0.2) is 0 Å². The molecule has 94 valence electrons. The SMILES string of the molecule is CN(CCC(N)=S)Cc1ccnc2ccccc12. The highest BCUT2D eigenvalue weighted by Crippen LogP contribution is 2.17. The Morgan fingerprint density at radius 2 is 2.11 bits per heavy atom. The van der Waals surface area contributed by atoms with E-state index in [-0.39, 0.29) is 0 Å². The quantitative estimate of drug-likeness (QED) is 0.837. The van der Waals surface area contributed by atoms with Crippen molar-refractivity contribution in [1.82, 2.24) is 9.88 Å². The number of hydrogen-bond acceptors (Lipinski definition) is 3. The zero-order valence-corrected chi connectivity index (χ0v) is 11.3. The van der Waals surface area contributed by atoms with Crippen molar-refractivity contribution in [3.8, 4) is 0 Å². The molecule has 0 fully saturated rings. The lowest BCUT2D eigenvalue weighted by Gasteiger charge is -2.17. The van der Waals surface area contributed by atoms with E-state index in [0.29, 0.717) is 4.99 Å². The summed E-state index contributed by atoms with van der Waals surface area (Å²) in [5, 5.41) is 1.21. The molecule has 0 aliphatic heterocycles. The van der Waals surface area contributed by atoms with Gasteiger partial charge in [-0.15, -0.1) is 0 Å². The molecule has 0 atom stereocenters. The van der Waals surface area contributed by atoms with Crippen molar-refractivity contribution in [2.45, 2.75) is 13.0 Å². The number of aromatic nitrogens is 1. The first-order chi connectivity index (χ1) is 8.66. The van der Waals surface area contributed by atoms with E-state index in [1.807, 2.05) is 24.4 Å². The molecule has 0 saturated heterocycles. The largest absolute Gasteiger partial charge is 0.393 e. The molecule has 0 unspecified atom stereocenters. The first-order valence-electron chi connectivity index (χ1n) is 5.96. The van der Waals surface area contributed by atoms with Gasteiger partial charge in [-0.1, -0.05) is 30.4 Å². The van der Waals surface area contributed by atoms with Gasteiger partial charge in [0.2, 0.25) is 0 Å². The predicted molar refractivity (Wildman–Crippen MR) is 79.5 cm³/mol. The Bertz CT molecular complexity index is 548. The van der Waals surface area contributed by atoms with E-state index in [1.165, 1.54) is 10.9 Å². The van der Waals surface area contributed by atoms with Gasteiger partial charge in [0.1, 0.15) is 0 Å². The van der Waals surface area contributed by atoms with Crippen LogP contribution >= 0.6 is 12.2 Å². The summed E-state index contributed by atoms with van der Waals surface area (Å²) in [5.41, 5.74) is 7.84. The fourth-order valence-corrected chi connectivity index (χ4v) is 2.06. The monoisotopic (exact) mass is 259 g/mol. The van der Waals surface area contributed by atoms with Crippen LogP contribution in [0.25, 0.3) is 10.9 Å². The maximum atomic E-state index is 5.52. The minimum absolute atomic E-state index is 0.571. The van der Waals surface area contributed by atoms with Gasteiger partial charge in [-0.3, -0.25) is 4.98 Å². The van der Waals surface area contributed by atoms with Crippen molar-refractivity contribution in [3.63, 3.8) is 0 Å². The van der Waals surface area contributed by atoms with Crippen LogP contribution in [0, 0.1) is 0 Å². The average molecular weight is 259 g/mol. The molecule has 0 aliphatic carbocycles. The highest BCUT2D eigenvalue weighted by molar-refractivity contribution is 7.80. The average Bonchev–Trinajstić information content (AvgIpc) is 2.37. The summed E-state index contributed by atoms with van der Waals surface area (Å²) in [6, 6.07) is 10.3. The summed E-state index contributed by atoms with van der Waals surface area (Å²) in [4.78, 5) is 7.16. The molecule has 2 aromatic rings. The zero-order valence-electron chi connectivity index (χ0n) is 10.5. The van der Waals surface area contributed by atoms with Gasteiger partial charge in [-0.2, -0.15) is 0 Å². The number of nitrogens with zero attached hydrogens (tertiary/aromatic N) is 2. The van der Waals surface area contributed by atoms with E-state index >= 15 is 0 Å². The van der Waals surface area contributed by atoms with Crippen LogP contribution in [-0.4, -0.2) is 28.5 Å². The Kier molecular flexibility index (Phi) is 4.23. The van der Waals surface area contributed by atoms with Gasteiger partial charge in [0.25, 0.3) is 0 Å². The van der Waals surface area contributed by atoms with Crippen molar-refractivity contribution < 1.29 is 0 Å². The lowest BCUT2D eigenvalue weighted by Crippen LogP contribution is -2.23. The Hall–Kier alpha value is -1.52. The number of nitrogens with two attached hydrogens (primary N) is 1. The number of hydrogen-bond donors (Lipinski definition) is 1. The summed E-state index contributed by atoms with van der Waals surface area (Å²) in [5.74, 6) is 0. The topological polar surface area (TPSA) is 42.1 Å². The van der Waals surface area contributed by atoms with E-state index in [4.69, 9.17) is 18.0 Å². The zero-order chi connectivity index (χ0) is 13.0. The van der Waals surface area contributed by atoms with Crippen molar-refractivity contribution >= 4 is 28.1 Å². The van der Waals surface area contributed by atoms with Crippen LogP contribution in [0.3, 0.4) is 0 Å². The molecule has 2 N–H and O–H groups in total. The minimum Gasteiger partial charge on any atom is -0.393 e. The maximum absolute atomic E-state index is 5.52. The standard InChI is InChI=1S/C14H17N3S/c1-17(9-7-14(15)18)10-11-6-8-16-13-5-3-2-4-12(11)13/h2-6,8H,7,9-10H2,1H3,(H2,15,18). The second-order valence-electron chi connectivity index (χ2n) is 4.44. The van der Waals surface area contributed by atoms with Gasteiger partial charge in [0, 0.05) is 31.1 Å². The number of thiocarbonyl (C=S) groups is 1. The molecular formula is C14H17N3S. The van der Waals surface area contributed by atoms with Gasteiger partial charge in [-0.05, 0) is 24.7 Å². The highest BCUT2D eigenvalue weighted by atomic mass is 32.1. The summed E-state index contributed by atoms with van der Waals surface area (Å²) in [6.45, 7) is 1.76. The van der Waals surface area contributed by atoms with Crippen LogP contribution in [0.5, 0.6) is 0 Å². The predicted octanol–water partition coefficient (Wildman–Crippen LogP) is 2.34. The van der Waals surface area contributed by atoms with Gasteiger partial charge in [0.15, 0.2) is 0 Å². The molecule has 0 aliphatic rings. The Balaban J connectivity index is 2.14. The smallest absolute Gasteiger partial charge is 0.0740 e. The van der Waals surface area contributed by atoms with E-state index in [2.05, 4.69) is 29.1 Å². The van der Waals surface area contributed by atoms with E-state index in [1.54, 1.807) is 0 Å². The summed E-state index contributed by atoms with van der Waals surface area (Å²) >= 11 is 4.90. The lowest BCUT2D eigenvalue weighted by molar-refractivity contribution is 0.338. The summed E-state index contributed by atoms with van der Waals surface area (Å²) < 4.78 is 0. The Labute approximate surface area is 113 Å². The molecule has 1 heterocycles. The third kappa shape index (κ3) is 3.24. The van der Waals surface area contributed by atoms with E-state index in [0.717, 1.165) is 25.0 Å². The molecule has 4 heteroatoms. The molecule has 3 nitrogen and oxygen atoms in total. The molecule has 0 saturated carbocycles. The van der Waals surface area contributed by atoms with Crippen LogP contribution in [0.4, 0.5) is 0 Å². The number of fused-ring (bicyclic) bond motifs is 1. The molecular weight excluding hydrogens is 242 g/mol. The number of pyridine rings is 1. The maximum Gasteiger partial charge on any atom is 0.0740 e. The number of para-hydroxylation sites is 1. The van der Waals surface area contributed by atoms with E-state index < -0.39 is 0 Å². The van der Waals surface area contributed by atoms with Crippen LogP contribution in [0.1, 0.15) is 12.0 Å². The lowest BCUT2D eigenvalue weighted by atomic mass is 10.1. The van der Waals surface area contributed by atoms with Gasteiger partial charge >= 0.3 is 0 Å². The minimum atomic E-state index is 0.571. The van der Waals surface area contributed by atoms with Crippen molar-refractivity contribution in [2.24, 2.45) is 5.73 Å². The van der Waals surface area contributed by atoms with E-state index in [9.17, 15) is 0 Å². The first-order valence-corrected chi connectivity index (χ1v) is 6.37. The van der Waals surface area contributed by atoms with Crippen molar-refractivity contribution in [1.29, 1.82) is 0 Å². The molecule has 1 aromatic carbocycles. The van der Waals surface area contributed by atoms with Gasteiger partial charge < -0.3 is 10.6 Å². The number of rotatable bonds is 5. The Morgan fingerprint density at radius 3 is 2.89 bits per heavy atom. The molecule has 2 rings (SSSR count). The Morgan fingerprint density at radius 1 is 1.33 bits per heavy atom. The third-order valence-corrected chi connectivity index (χ3v) is 3.12. The van der Waals surface area contributed by atoms with Gasteiger partial charge in [0.05, 0.1) is 10.5 Å². The summed E-state index contributed by atoms with van der Waals surface area (Å²) in [7, 11) is 2.08.